The predicted octanol–water partition coefficient (Wildman–Crippen LogP) is 2.54. The number of hydrogen-bond acceptors (Lipinski definition) is 2. The highest BCUT2D eigenvalue weighted by atomic mass is 19.1. The van der Waals surface area contributed by atoms with E-state index in [4.69, 9.17) is 0 Å². The van der Waals surface area contributed by atoms with Crippen LogP contribution in [-0.2, 0) is 5.60 Å². The SMILES string of the molecule is CCC(O)(CC)c1c(O)cccc1F. The Balaban J connectivity index is 3.29. The molecule has 1 aromatic rings. The largest absolute Gasteiger partial charge is 0.507 e. The first-order valence-corrected chi connectivity index (χ1v) is 4.75. The van der Waals surface area contributed by atoms with Gasteiger partial charge in [0, 0.05) is 0 Å². The smallest absolute Gasteiger partial charge is 0.133 e. The molecule has 14 heavy (non-hydrogen) atoms. The van der Waals surface area contributed by atoms with Crippen LogP contribution in [0.15, 0.2) is 18.2 Å². The van der Waals surface area contributed by atoms with Gasteiger partial charge in [0.05, 0.1) is 11.2 Å². The van der Waals surface area contributed by atoms with Gasteiger partial charge in [-0.25, -0.2) is 4.39 Å². The van der Waals surface area contributed by atoms with E-state index in [2.05, 4.69) is 0 Å². The van der Waals surface area contributed by atoms with Crippen molar-refractivity contribution in [3.05, 3.63) is 29.6 Å². The van der Waals surface area contributed by atoms with Gasteiger partial charge in [0.25, 0.3) is 0 Å². The van der Waals surface area contributed by atoms with Gasteiger partial charge in [-0.2, -0.15) is 0 Å². The molecule has 0 saturated heterocycles. The standard InChI is InChI=1S/C11H15FO2/c1-3-11(14,4-2)10-8(12)6-5-7-9(10)13/h5-7,13-14H,3-4H2,1-2H3. The zero-order valence-electron chi connectivity index (χ0n) is 8.42. The van der Waals surface area contributed by atoms with Gasteiger partial charge in [0.2, 0.25) is 0 Å². The molecular formula is C11H15FO2. The Morgan fingerprint density at radius 1 is 1.29 bits per heavy atom. The lowest BCUT2D eigenvalue weighted by Crippen LogP contribution is -2.25. The van der Waals surface area contributed by atoms with E-state index in [9.17, 15) is 14.6 Å². The number of phenols is 1. The average molecular weight is 198 g/mol. The first kappa shape index (κ1) is 11.0. The van der Waals surface area contributed by atoms with E-state index in [1.165, 1.54) is 18.2 Å². The van der Waals surface area contributed by atoms with Crippen LogP contribution >= 0.6 is 0 Å². The number of phenolic OH excluding ortho intramolecular Hbond substituents is 1. The van der Waals surface area contributed by atoms with Crippen LogP contribution in [0.5, 0.6) is 5.75 Å². The molecular weight excluding hydrogens is 183 g/mol. The second-order valence-corrected chi connectivity index (χ2v) is 3.37. The summed E-state index contributed by atoms with van der Waals surface area (Å²) < 4.78 is 13.4. The molecule has 0 heterocycles. The quantitative estimate of drug-likeness (QED) is 0.783. The Bertz CT molecular complexity index is 299. The second-order valence-electron chi connectivity index (χ2n) is 3.37. The molecule has 0 fully saturated rings. The van der Waals surface area contributed by atoms with Crippen molar-refractivity contribution >= 4 is 0 Å². The topological polar surface area (TPSA) is 40.5 Å². The third-order valence-corrected chi connectivity index (χ3v) is 2.63. The van der Waals surface area contributed by atoms with Gasteiger partial charge in [0.15, 0.2) is 0 Å². The molecule has 0 aliphatic rings. The molecule has 0 saturated carbocycles. The lowest BCUT2D eigenvalue weighted by Gasteiger charge is -2.26. The summed E-state index contributed by atoms with van der Waals surface area (Å²) in [6.45, 7) is 3.52. The first-order chi connectivity index (χ1) is 6.55. The van der Waals surface area contributed by atoms with Crippen LogP contribution in [0.4, 0.5) is 4.39 Å². The third kappa shape index (κ3) is 1.73. The highest BCUT2D eigenvalue weighted by Crippen LogP contribution is 2.36. The van der Waals surface area contributed by atoms with Crippen LogP contribution in [0, 0.1) is 5.82 Å². The van der Waals surface area contributed by atoms with Gasteiger partial charge in [-0.3, -0.25) is 0 Å². The Morgan fingerprint density at radius 2 is 1.86 bits per heavy atom. The second kappa shape index (κ2) is 3.96. The minimum Gasteiger partial charge on any atom is -0.507 e. The van der Waals surface area contributed by atoms with Gasteiger partial charge < -0.3 is 10.2 Å². The molecule has 1 aromatic carbocycles. The first-order valence-electron chi connectivity index (χ1n) is 4.75. The van der Waals surface area contributed by atoms with E-state index in [-0.39, 0.29) is 11.3 Å². The molecule has 2 N–H and O–H groups in total. The molecule has 0 aliphatic heterocycles. The summed E-state index contributed by atoms with van der Waals surface area (Å²) in [6, 6.07) is 4.04. The van der Waals surface area contributed by atoms with Crippen molar-refractivity contribution in [2.24, 2.45) is 0 Å². The third-order valence-electron chi connectivity index (χ3n) is 2.63. The maximum atomic E-state index is 13.4. The lowest BCUT2D eigenvalue weighted by atomic mass is 9.87. The van der Waals surface area contributed by atoms with Crippen LogP contribution in [0.25, 0.3) is 0 Å². The Hall–Kier alpha value is -1.09. The Kier molecular flexibility index (Phi) is 3.11. The average Bonchev–Trinajstić information content (AvgIpc) is 2.17. The number of aliphatic hydroxyl groups is 1. The summed E-state index contributed by atoms with van der Waals surface area (Å²) in [4.78, 5) is 0. The van der Waals surface area contributed by atoms with Crippen LogP contribution in [-0.4, -0.2) is 10.2 Å². The van der Waals surface area contributed by atoms with E-state index >= 15 is 0 Å². The molecule has 2 nitrogen and oxygen atoms in total. The summed E-state index contributed by atoms with van der Waals surface area (Å²) in [5, 5.41) is 19.6. The zero-order chi connectivity index (χ0) is 10.8. The molecule has 0 radical (unpaired) electrons. The van der Waals surface area contributed by atoms with Crippen molar-refractivity contribution in [3.8, 4) is 5.75 Å². The molecule has 0 atom stereocenters. The number of halogens is 1. The van der Waals surface area contributed by atoms with E-state index < -0.39 is 11.4 Å². The van der Waals surface area contributed by atoms with Crippen molar-refractivity contribution in [1.82, 2.24) is 0 Å². The van der Waals surface area contributed by atoms with Gasteiger partial charge in [0.1, 0.15) is 11.6 Å². The fourth-order valence-electron chi connectivity index (χ4n) is 1.58. The fourth-order valence-corrected chi connectivity index (χ4v) is 1.58. The molecule has 3 heteroatoms. The number of hydrogen-bond donors (Lipinski definition) is 2. The monoisotopic (exact) mass is 198 g/mol. The van der Waals surface area contributed by atoms with Gasteiger partial charge in [-0.05, 0) is 25.0 Å². The van der Waals surface area contributed by atoms with Gasteiger partial charge in [-0.1, -0.05) is 19.9 Å². The lowest BCUT2D eigenvalue weighted by molar-refractivity contribution is 0.0225. The molecule has 0 aromatic heterocycles. The fraction of sp³-hybridized carbons (Fsp3) is 0.455. The van der Waals surface area contributed by atoms with Crippen molar-refractivity contribution in [3.63, 3.8) is 0 Å². The molecule has 78 valence electrons. The Morgan fingerprint density at radius 3 is 2.29 bits per heavy atom. The number of rotatable bonds is 3. The van der Waals surface area contributed by atoms with E-state index in [0.717, 1.165) is 0 Å². The predicted molar refractivity (Wildman–Crippen MR) is 52.5 cm³/mol. The maximum absolute atomic E-state index is 13.4. The highest BCUT2D eigenvalue weighted by Gasteiger charge is 2.30. The van der Waals surface area contributed by atoms with Crippen molar-refractivity contribution in [2.45, 2.75) is 32.3 Å². The minimum absolute atomic E-state index is 0.00463. The molecule has 0 spiro atoms. The summed E-state index contributed by atoms with van der Waals surface area (Å²) in [7, 11) is 0. The zero-order valence-corrected chi connectivity index (χ0v) is 8.42. The highest BCUT2D eigenvalue weighted by molar-refractivity contribution is 5.37. The maximum Gasteiger partial charge on any atom is 0.133 e. The molecule has 0 unspecified atom stereocenters. The number of aromatic hydroxyl groups is 1. The number of benzene rings is 1. The van der Waals surface area contributed by atoms with Crippen molar-refractivity contribution in [1.29, 1.82) is 0 Å². The molecule has 0 bridgehead atoms. The van der Waals surface area contributed by atoms with Crippen molar-refractivity contribution < 1.29 is 14.6 Å². The van der Waals surface area contributed by atoms with Crippen molar-refractivity contribution in [2.75, 3.05) is 0 Å². The van der Waals surface area contributed by atoms with E-state index in [1.807, 2.05) is 0 Å². The van der Waals surface area contributed by atoms with Gasteiger partial charge >= 0.3 is 0 Å². The summed E-state index contributed by atoms with van der Waals surface area (Å²) in [5.74, 6) is -0.743. The van der Waals surface area contributed by atoms with Crippen LogP contribution in [0.3, 0.4) is 0 Å². The molecule has 0 aliphatic carbocycles. The van der Waals surface area contributed by atoms with Crippen LogP contribution < -0.4 is 0 Å². The van der Waals surface area contributed by atoms with Crippen LogP contribution in [0.2, 0.25) is 0 Å². The summed E-state index contributed by atoms with van der Waals surface area (Å²) >= 11 is 0. The molecule has 1 rings (SSSR count). The summed E-state index contributed by atoms with van der Waals surface area (Å²) in [5.41, 5.74) is -1.26. The minimum atomic E-state index is -1.27. The normalized spacial score (nSPS) is 11.7. The van der Waals surface area contributed by atoms with E-state index in [1.54, 1.807) is 13.8 Å². The Labute approximate surface area is 83.0 Å². The summed E-state index contributed by atoms with van der Waals surface area (Å²) in [6.07, 6.45) is 0.746. The van der Waals surface area contributed by atoms with Crippen LogP contribution in [0.1, 0.15) is 32.3 Å². The van der Waals surface area contributed by atoms with Gasteiger partial charge in [-0.15, -0.1) is 0 Å². The van der Waals surface area contributed by atoms with E-state index in [0.29, 0.717) is 12.8 Å². The molecule has 0 amide bonds.